The molecule has 1 rings (SSSR count). The van der Waals surface area contributed by atoms with Crippen molar-refractivity contribution in [3.8, 4) is 11.5 Å². The molecular weight excluding hydrogens is 420 g/mol. The Hall–Kier alpha value is -2.41. The van der Waals surface area contributed by atoms with Gasteiger partial charge in [0, 0.05) is 7.05 Å². The van der Waals surface area contributed by atoms with E-state index in [1.54, 1.807) is 0 Å². The first kappa shape index (κ1) is 23.6. The second-order valence-electron chi connectivity index (χ2n) is 5.19. The molecule has 1 aromatic carbocycles. The molecule has 1 amide bonds. The van der Waals surface area contributed by atoms with Crippen molar-refractivity contribution in [1.29, 1.82) is 0 Å². The van der Waals surface area contributed by atoms with Crippen molar-refractivity contribution < 1.29 is 58.2 Å². The second-order valence-corrected chi connectivity index (χ2v) is 5.19. The van der Waals surface area contributed by atoms with Gasteiger partial charge in [0.05, 0.1) is 0 Å². The number of benzene rings is 1. The molecule has 0 aromatic heterocycles. The molecule has 0 heterocycles. The number of halogens is 10. The van der Waals surface area contributed by atoms with E-state index in [1.807, 2.05) is 5.32 Å². The van der Waals surface area contributed by atoms with Crippen molar-refractivity contribution in [2.45, 2.75) is 24.2 Å². The summed E-state index contributed by atoms with van der Waals surface area (Å²) in [5.74, 6) is -19.0. The zero-order valence-corrected chi connectivity index (χ0v) is 13.6. The minimum absolute atomic E-state index is 0.619. The third kappa shape index (κ3) is 4.90. The highest BCUT2D eigenvalue weighted by molar-refractivity contribution is 5.70. The Labute approximate surface area is 150 Å². The van der Waals surface area contributed by atoms with Crippen LogP contribution < -0.4 is 14.8 Å². The smallest absolute Gasteiger partial charge is 0.453 e. The first-order valence-electron chi connectivity index (χ1n) is 7.06. The molecule has 14 heteroatoms. The summed E-state index contributed by atoms with van der Waals surface area (Å²) in [6.45, 7) is -2.40. The Morgan fingerprint density at radius 2 is 1.32 bits per heavy atom. The van der Waals surface area contributed by atoms with Gasteiger partial charge in [0.1, 0.15) is 12.5 Å². The molecule has 0 unspecified atom stereocenters. The van der Waals surface area contributed by atoms with Gasteiger partial charge in [-0.05, 0) is 12.1 Å². The lowest BCUT2D eigenvalue weighted by Gasteiger charge is -2.34. The first-order valence-corrected chi connectivity index (χ1v) is 7.06. The van der Waals surface area contributed by atoms with Gasteiger partial charge in [-0.2, -0.15) is 43.9 Å². The average Bonchev–Trinajstić information content (AvgIpc) is 2.53. The van der Waals surface area contributed by atoms with Crippen molar-refractivity contribution in [1.82, 2.24) is 5.32 Å². The van der Waals surface area contributed by atoms with Crippen LogP contribution in [-0.2, 0) is 0 Å². The van der Waals surface area contributed by atoms with Gasteiger partial charge in [0.2, 0.25) is 0 Å². The molecule has 0 aliphatic rings. The minimum Gasteiger partial charge on any atom is -0.489 e. The van der Waals surface area contributed by atoms with Crippen LogP contribution in [0, 0.1) is 5.92 Å². The van der Waals surface area contributed by atoms with E-state index in [0.717, 1.165) is 25.2 Å². The molecule has 4 nitrogen and oxygen atoms in total. The second kappa shape index (κ2) is 7.91. The molecule has 0 saturated carbocycles. The summed E-state index contributed by atoms with van der Waals surface area (Å²) in [5.41, 5.74) is 0. The van der Waals surface area contributed by atoms with Crippen LogP contribution in [0.25, 0.3) is 0 Å². The predicted octanol–water partition coefficient (Wildman–Crippen LogP) is 4.80. The molecular formula is C14H11F10NO3. The van der Waals surface area contributed by atoms with Crippen LogP contribution in [0.4, 0.5) is 48.7 Å². The monoisotopic (exact) mass is 431 g/mol. The zero-order valence-electron chi connectivity index (χ0n) is 13.6. The molecule has 160 valence electrons. The number of hydrogen-bond acceptors (Lipinski definition) is 3. The molecule has 0 aliphatic carbocycles. The quantitative estimate of drug-likeness (QED) is 0.659. The van der Waals surface area contributed by atoms with E-state index in [4.69, 9.17) is 0 Å². The number of alkyl halides is 10. The van der Waals surface area contributed by atoms with Gasteiger partial charge >= 0.3 is 30.3 Å². The van der Waals surface area contributed by atoms with Crippen LogP contribution in [0.5, 0.6) is 11.5 Å². The zero-order chi connectivity index (χ0) is 22.0. The van der Waals surface area contributed by atoms with E-state index in [1.165, 1.54) is 6.07 Å². The Morgan fingerprint density at radius 3 is 1.71 bits per heavy atom. The van der Waals surface area contributed by atoms with Gasteiger partial charge in [-0.1, -0.05) is 12.1 Å². The minimum atomic E-state index is -6.71. The molecule has 0 radical (unpaired) electrons. The number of amides is 1. The molecule has 0 spiro atoms. The standard InChI is InChI=1S/C14H11F10NO3/c1-25-10(26)28-8-5-3-2-4-7(8)27-6-9(11(15,16)13(19,20)21)12(17,18)14(22,23)24/h2-5,9H,6H2,1H3,(H,25,26). The van der Waals surface area contributed by atoms with Crippen molar-refractivity contribution in [3.63, 3.8) is 0 Å². The van der Waals surface area contributed by atoms with Crippen LogP contribution in [-0.4, -0.2) is 43.9 Å². The number of carbonyl (C=O) groups excluding carboxylic acids is 1. The lowest BCUT2D eigenvalue weighted by Crippen LogP contribution is -2.58. The summed E-state index contributed by atoms with van der Waals surface area (Å²) in [6, 6.07) is 3.98. The predicted molar refractivity (Wildman–Crippen MR) is 72.5 cm³/mol. The molecule has 1 N–H and O–H groups in total. The van der Waals surface area contributed by atoms with Gasteiger partial charge < -0.3 is 14.8 Å². The van der Waals surface area contributed by atoms with E-state index in [9.17, 15) is 48.7 Å². The summed E-state index contributed by atoms with van der Waals surface area (Å²) in [7, 11) is 1.09. The van der Waals surface area contributed by atoms with Gasteiger partial charge in [-0.3, -0.25) is 0 Å². The third-order valence-corrected chi connectivity index (χ3v) is 3.29. The molecule has 28 heavy (non-hydrogen) atoms. The Balaban J connectivity index is 3.26. The SMILES string of the molecule is CNC(=O)Oc1ccccc1OCC(C(F)(F)C(F)(F)F)C(F)(F)C(F)(F)F. The van der Waals surface area contributed by atoms with Gasteiger partial charge in [-0.15, -0.1) is 0 Å². The highest BCUT2D eigenvalue weighted by atomic mass is 19.4. The highest BCUT2D eigenvalue weighted by Crippen LogP contribution is 2.52. The van der Waals surface area contributed by atoms with Crippen LogP contribution in [0.2, 0.25) is 0 Å². The van der Waals surface area contributed by atoms with E-state index in [0.29, 0.717) is 0 Å². The lowest BCUT2D eigenvalue weighted by molar-refractivity contribution is -0.375. The topological polar surface area (TPSA) is 47.6 Å². The highest BCUT2D eigenvalue weighted by Gasteiger charge is 2.76. The molecule has 0 saturated heterocycles. The molecule has 0 bridgehead atoms. The summed E-state index contributed by atoms with van der Waals surface area (Å²) in [4.78, 5) is 11.1. The van der Waals surface area contributed by atoms with Gasteiger partial charge in [-0.25, -0.2) is 4.79 Å². The van der Waals surface area contributed by atoms with Gasteiger partial charge in [0.25, 0.3) is 0 Å². The third-order valence-electron chi connectivity index (χ3n) is 3.29. The number of nitrogens with one attached hydrogen (secondary N) is 1. The fourth-order valence-electron chi connectivity index (χ4n) is 1.81. The van der Waals surface area contributed by atoms with Crippen molar-refractivity contribution in [2.75, 3.05) is 13.7 Å². The largest absolute Gasteiger partial charge is 0.489 e. The maximum Gasteiger partial charge on any atom is 0.453 e. The maximum absolute atomic E-state index is 13.4. The van der Waals surface area contributed by atoms with E-state index >= 15 is 0 Å². The summed E-state index contributed by atoms with van der Waals surface area (Å²) >= 11 is 0. The van der Waals surface area contributed by atoms with E-state index < -0.39 is 54.3 Å². The fourth-order valence-corrected chi connectivity index (χ4v) is 1.81. The van der Waals surface area contributed by atoms with Crippen LogP contribution >= 0.6 is 0 Å². The number of ether oxygens (including phenoxy) is 2. The lowest BCUT2D eigenvalue weighted by atomic mass is 9.93. The maximum atomic E-state index is 13.4. The summed E-state index contributed by atoms with van der Waals surface area (Å²) < 4.78 is 137. The average molecular weight is 431 g/mol. The Kier molecular flexibility index (Phi) is 6.68. The Morgan fingerprint density at radius 1 is 0.893 bits per heavy atom. The molecule has 0 fully saturated rings. The number of rotatable bonds is 6. The van der Waals surface area contributed by atoms with Crippen molar-refractivity contribution >= 4 is 6.09 Å². The fraction of sp³-hybridized carbons (Fsp3) is 0.500. The van der Waals surface area contributed by atoms with Gasteiger partial charge in [0.15, 0.2) is 11.5 Å². The summed E-state index contributed by atoms with van der Waals surface area (Å²) in [5, 5.41) is 1.94. The van der Waals surface area contributed by atoms with Crippen LogP contribution in [0.3, 0.4) is 0 Å². The number of hydrogen-bond donors (Lipinski definition) is 1. The molecule has 0 atom stereocenters. The van der Waals surface area contributed by atoms with E-state index in [-0.39, 0.29) is 0 Å². The van der Waals surface area contributed by atoms with Crippen LogP contribution in [0.1, 0.15) is 0 Å². The number of carbonyl (C=O) groups is 1. The molecule has 1 aromatic rings. The van der Waals surface area contributed by atoms with Crippen molar-refractivity contribution in [3.05, 3.63) is 24.3 Å². The van der Waals surface area contributed by atoms with Crippen LogP contribution in [0.15, 0.2) is 24.3 Å². The molecule has 0 aliphatic heterocycles. The van der Waals surface area contributed by atoms with Crippen molar-refractivity contribution in [2.24, 2.45) is 5.92 Å². The number of para-hydroxylation sites is 2. The first-order chi connectivity index (χ1) is 12.6. The summed E-state index contributed by atoms with van der Waals surface area (Å²) in [6.07, 6.45) is -14.6. The van der Waals surface area contributed by atoms with E-state index in [2.05, 4.69) is 9.47 Å². The normalized spacial score (nSPS) is 13.4. The Bertz CT molecular complexity index is 661.